The molecule has 3 aromatic carbocycles. The fourth-order valence-corrected chi connectivity index (χ4v) is 3.83. The van der Waals surface area contributed by atoms with Crippen LogP contribution in [0.3, 0.4) is 0 Å². The lowest BCUT2D eigenvalue weighted by Gasteiger charge is -2.34. The fourth-order valence-electron chi connectivity index (χ4n) is 3.61. The number of anilines is 1. The third kappa shape index (κ3) is 5.27. The summed E-state index contributed by atoms with van der Waals surface area (Å²) in [6, 6.07) is 20.9. The summed E-state index contributed by atoms with van der Waals surface area (Å²) in [4.78, 5) is 25.8. The summed E-state index contributed by atoms with van der Waals surface area (Å²) in [5, 5.41) is 19.1. The molecule has 0 spiro atoms. The molecule has 0 radical (unpaired) electrons. The van der Waals surface area contributed by atoms with Gasteiger partial charge in [0.25, 0.3) is 5.91 Å². The predicted molar refractivity (Wildman–Crippen MR) is 123 cm³/mol. The van der Waals surface area contributed by atoms with Gasteiger partial charge in [0.2, 0.25) is 0 Å². The summed E-state index contributed by atoms with van der Waals surface area (Å²) in [5.74, 6) is -0.372. The molecule has 2 N–H and O–H groups in total. The molecule has 7 nitrogen and oxygen atoms in total. The second kappa shape index (κ2) is 9.94. The lowest BCUT2D eigenvalue weighted by molar-refractivity contribution is -0.147. The zero-order chi connectivity index (χ0) is 23.4. The fraction of sp³-hybridized carbons (Fsp3) is 0.200. The molecule has 2 unspecified atom stereocenters. The van der Waals surface area contributed by atoms with Crippen LogP contribution in [-0.4, -0.2) is 34.8 Å². The number of rotatable bonds is 8. The van der Waals surface area contributed by atoms with Crippen LogP contribution >= 0.6 is 11.6 Å². The Hall–Kier alpha value is -3.55. The minimum Gasteiger partial charge on any atom is -0.493 e. The minimum absolute atomic E-state index is 0.169. The number of hydrogen-bond donors (Lipinski definition) is 2. The summed E-state index contributed by atoms with van der Waals surface area (Å²) in [7, 11) is 0. The highest BCUT2D eigenvalue weighted by molar-refractivity contribution is 6.30. The SMILES string of the molecule is O=C(O)C(O)c1ccc(OCCC2Oc3ccccc3N(Cc3cccc(Cl)c3)C2=O)cc1. The average molecular weight is 468 g/mol. The number of amides is 1. The van der Waals surface area contributed by atoms with Gasteiger partial charge < -0.3 is 24.6 Å². The Kier molecular flexibility index (Phi) is 6.82. The summed E-state index contributed by atoms with van der Waals surface area (Å²) >= 11 is 6.11. The lowest BCUT2D eigenvalue weighted by atomic mass is 10.1. The van der Waals surface area contributed by atoms with E-state index in [9.17, 15) is 14.7 Å². The number of halogens is 1. The molecular weight excluding hydrogens is 446 g/mol. The number of hydrogen-bond acceptors (Lipinski definition) is 5. The van der Waals surface area contributed by atoms with Gasteiger partial charge in [-0.2, -0.15) is 0 Å². The largest absolute Gasteiger partial charge is 0.493 e. The quantitative estimate of drug-likeness (QED) is 0.515. The van der Waals surface area contributed by atoms with Gasteiger partial charge in [-0.15, -0.1) is 0 Å². The number of aliphatic carboxylic acids is 1. The van der Waals surface area contributed by atoms with Crippen LogP contribution in [0.1, 0.15) is 23.7 Å². The molecule has 33 heavy (non-hydrogen) atoms. The minimum atomic E-state index is -1.59. The normalized spacial score (nSPS) is 16.0. The number of aliphatic hydroxyl groups excluding tert-OH is 1. The summed E-state index contributed by atoms with van der Waals surface area (Å²) in [6.07, 6.45) is -1.98. The van der Waals surface area contributed by atoms with Crippen LogP contribution in [0, 0.1) is 0 Å². The molecule has 1 aliphatic rings. The zero-order valence-electron chi connectivity index (χ0n) is 17.6. The molecule has 4 rings (SSSR count). The highest BCUT2D eigenvalue weighted by Crippen LogP contribution is 2.35. The van der Waals surface area contributed by atoms with Crippen LogP contribution in [0.2, 0.25) is 5.02 Å². The van der Waals surface area contributed by atoms with Crippen molar-refractivity contribution in [3.63, 3.8) is 0 Å². The molecule has 0 aliphatic carbocycles. The standard InChI is InChI=1S/C25H22ClNO6/c26-18-5-3-4-16(14-18)15-27-20-6-1-2-7-21(20)33-22(24(27)29)12-13-32-19-10-8-17(9-11-19)23(28)25(30)31/h1-11,14,22-23,28H,12-13,15H2,(H,30,31). The van der Waals surface area contributed by atoms with E-state index in [0.29, 0.717) is 35.2 Å². The summed E-state index contributed by atoms with van der Waals surface area (Å²) < 4.78 is 11.7. The van der Waals surface area contributed by atoms with Crippen molar-refractivity contribution >= 4 is 29.2 Å². The second-order valence-electron chi connectivity index (χ2n) is 7.58. The number of para-hydroxylation sites is 2. The van der Waals surface area contributed by atoms with Gasteiger partial charge in [0.1, 0.15) is 11.5 Å². The number of carbonyl (C=O) groups is 2. The Balaban J connectivity index is 1.43. The topological polar surface area (TPSA) is 96.3 Å². The number of nitrogens with zero attached hydrogens (tertiary/aromatic N) is 1. The van der Waals surface area contributed by atoms with Gasteiger partial charge in [0.05, 0.1) is 18.8 Å². The van der Waals surface area contributed by atoms with Crippen molar-refractivity contribution < 1.29 is 29.3 Å². The maximum absolute atomic E-state index is 13.2. The van der Waals surface area contributed by atoms with Crippen LogP contribution in [0.15, 0.2) is 72.8 Å². The zero-order valence-corrected chi connectivity index (χ0v) is 18.3. The van der Waals surface area contributed by atoms with E-state index in [0.717, 1.165) is 5.56 Å². The van der Waals surface area contributed by atoms with Crippen LogP contribution in [0.4, 0.5) is 5.69 Å². The van der Waals surface area contributed by atoms with Crippen molar-refractivity contribution in [2.75, 3.05) is 11.5 Å². The highest BCUT2D eigenvalue weighted by atomic mass is 35.5. The Morgan fingerprint density at radius 3 is 2.58 bits per heavy atom. The maximum atomic E-state index is 13.2. The Morgan fingerprint density at radius 1 is 1.09 bits per heavy atom. The first-order valence-electron chi connectivity index (χ1n) is 10.4. The van der Waals surface area contributed by atoms with Gasteiger partial charge >= 0.3 is 5.97 Å². The molecule has 3 aromatic rings. The summed E-state index contributed by atoms with van der Waals surface area (Å²) in [6.45, 7) is 0.578. The number of carbonyl (C=O) groups excluding carboxylic acids is 1. The first-order chi connectivity index (χ1) is 15.9. The summed E-state index contributed by atoms with van der Waals surface area (Å²) in [5.41, 5.74) is 1.87. The van der Waals surface area contributed by atoms with Crippen molar-refractivity contribution in [3.05, 3.63) is 88.9 Å². The third-order valence-electron chi connectivity index (χ3n) is 5.27. The molecular formula is C25H22ClNO6. The van der Waals surface area contributed by atoms with Gasteiger partial charge in [-0.05, 0) is 47.5 Å². The molecule has 0 saturated heterocycles. The van der Waals surface area contributed by atoms with Crippen molar-refractivity contribution in [1.82, 2.24) is 0 Å². The molecule has 1 amide bonds. The van der Waals surface area contributed by atoms with E-state index in [4.69, 9.17) is 26.2 Å². The number of ether oxygens (including phenoxy) is 2. The number of carboxylic acid groups (broad SMARTS) is 1. The number of aliphatic hydroxyl groups is 1. The Labute approximate surface area is 195 Å². The highest BCUT2D eigenvalue weighted by Gasteiger charge is 2.34. The molecule has 1 aliphatic heterocycles. The maximum Gasteiger partial charge on any atom is 0.337 e. The van der Waals surface area contributed by atoms with Gasteiger partial charge in [0, 0.05) is 11.4 Å². The molecule has 0 bridgehead atoms. The molecule has 0 fully saturated rings. The van der Waals surface area contributed by atoms with Crippen molar-refractivity contribution in [2.24, 2.45) is 0 Å². The Bertz CT molecular complexity index is 1150. The smallest absolute Gasteiger partial charge is 0.337 e. The third-order valence-corrected chi connectivity index (χ3v) is 5.51. The van der Waals surface area contributed by atoms with E-state index in [1.165, 1.54) is 12.1 Å². The molecule has 0 saturated carbocycles. The number of fused-ring (bicyclic) bond motifs is 1. The van der Waals surface area contributed by atoms with Crippen LogP contribution in [-0.2, 0) is 16.1 Å². The second-order valence-corrected chi connectivity index (χ2v) is 8.01. The van der Waals surface area contributed by atoms with E-state index >= 15 is 0 Å². The molecule has 8 heteroatoms. The van der Waals surface area contributed by atoms with Gasteiger partial charge in [-0.25, -0.2) is 4.79 Å². The molecule has 0 aromatic heterocycles. The van der Waals surface area contributed by atoms with E-state index in [1.54, 1.807) is 23.1 Å². The van der Waals surface area contributed by atoms with Crippen LogP contribution in [0.5, 0.6) is 11.5 Å². The monoisotopic (exact) mass is 467 g/mol. The number of benzene rings is 3. The first-order valence-corrected chi connectivity index (χ1v) is 10.8. The van der Waals surface area contributed by atoms with Crippen molar-refractivity contribution in [3.8, 4) is 11.5 Å². The van der Waals surface area contributed by atoms with Crippen LogP contribution in [0.25, 0.3) is 0 Å². The molecule has 1 heterocycles. The van der Waals surface area contributed by atoms with E-state index in [1.807, 2.05) is 42.5 Å². The Morgan fingerprint density at radius 2 is 1.85 bits per heavy atom. The number of carboxylic acids is 1. The molecule has 170 valence electrons. The average Bonchev–Trinajstić information content (AvgIpc) is 2.81. The van der Waals surface area contributed by atoms with E-state index in [2.05, 4.69) is 0 Å². The van der Waals surface area contributed by atoms with Crippen molar-refractivity contribution in [2.45, 2.75) is 25.2 Å². The predicted octanol–water partition coefficient (Wildman–Crippen LogP) is 4.22. The van der Waals surface area contributed by atoms with Crippen LogP contribution < -0.4 is 14.4 Å². The van der Waals surface area contributed by atoms with Gasteiger partial charge in [-0.1, -0.05) is 48.0 Å². The van der Waals surface area contributed by atoms with Crippen molar-refractivity contribution in [1.29, 1.82) is 0 Å². The van der Waals surface area contributed by atoms with Gasteiger partial charge in [-0.3, -0.25) is 4.79 Å². The van der Waals surface area contributed by atoms with Gasteiger partial charge in [0.15, 0.2) is 12.2 Å². The lowest BCUT2D eigenvalue weighted by Crippen LogP contribution is -2.46. The first kappa shape index (κ1) is 22.6. The van der Waals surface area contributed by atoms with E-state index in [-0.39, 0.29) is 18.1 Å². The molecule has 2 atom stereocenters. The van der Waals surface area contributed by atoms with E-state index < -0.39 is 18.2 Å².